The Labute approximate surface area is 160 Å². The molecule has 2 rings (SSSR count). The molecule has 0 spiro atoms. The van der Waals surface area contributed by atoms with E-state index in [1.807, 2.05) is 0 Å². The molecule has 0 aliphatic heterocycles. The molecule has 0 saturated carbocycles. The highest BCUT2D eigenvalue weighted by molar-refractivity contribution is 5.79. The maximum Gasteiger partial charge on any atom is 0.408 e. The van der Waals surface area contributed by atoms with Crippen LogP contribution in [-0.2, 0) is 22.6 Å². The maximum atomic E-state index is 12.6. The number of aryl methyl sites for hydroxylation is 1. The average molecular weight is 397 g/mol. The Morgan fingerprint density at radius 1 is 1.21 bits per heavy atom. The van der Waals surface area contributed by atoms with Gasteiger partial charge in [0.05, 0.1) is 18.2 Å². The van der Waals surface area contributed by atoms with Gasteiger partial charge in [0.15, 0.2) is 0 Å². The van der Waals surface area contributed by atoms with Gasteiger partial charge in [-0.05, 0) is 25.8 Å². The minimum Gasteiger partial charge on any atom is -0.481 e. The molecular formula is C19H22F3N3O3. The largest absolute Gasteiger partial charge is 0.481 e. The summed E-state index contributed by atoms with van der Waals surface area (Å²) in [5.74, 6) is -1.38. The Morgan fingerprint density at radius 2 is 1.86 bits per heavy atom. The van der Waals surface area contributed by atoms with E-state index in [0.29, 0.717) is 11.3 Å². The van der Waals surface area contributed by atoms with Gasteiger partial charge < -0.3 is 10.4 Å². The number of carboxylic acids is 1. The molecule has 1 amide bonds. The summed E-state index contributed by atoms with van der Waals surface area (Å²) in [6, 6.07) is 8.43. The number of carbonyl (C=O) groups excluding carboxylic acids is 1. The lowest BCUT2D eigenvalue weighted by Crippen LogP contribution is -2.30. The molecule has 0 aliphatic rings. The van der Waals surface area contributed by atoms with Gasteiger partial charge in [0.25, 0.3) is 0 Å². The van der Waals surface area contributed by atoms with Crippen molar-refractivity contribution in [2.75, 3.05) is 0 Å². The van der Waals surface area contributed by atoms with Crippen molar-refractivity contribution in [3.05, 3.63) is 52.8 Å². The van der Waals surface area contributed by atoms with Gasteiger partial charge in [-0.1, -0.05) is 30.3 Å². The Bertz CT molecular complexity index is 832. The molecule has 0 saturated heterocycles. The number of benzene rings is 1. The first-order valence-corrected chi connectivity index (χ1v) is 8.72. The van der Waals surface area contributed by atoms with Crippen LogP contribution in [-0.4, -0.2) is 32.9 Å². The topological polar surface area (TPSA) is 84.2 Å². The first kappa shape index (κ1) is 21.5. The van der Waals surface area contributed by atoms with Crippen molar-refractivity contribution in [3.63, 3.8) is 0 Å². The van der Waals surface area contributed by atoms with Crippen LogP contribution >= 0.6 is 0 Å². The van der Waals surface area contributed by atoms with Crippen LogP contribution in [0.2, 0.25) is 0 Å². The van der Waals surface area contributed by atoms with E-state index < -0.39 is 30.6 Å². The number of nitrogens with one attached hydrogen (secondary N) is 1. The van der Waals surface area contributed by atoms with Crippen LogP contribution in [0.4, 0.5) is 13.2 Å². The van der Waals surface area contributed by atoms with Crippen LogP contribution in [0.1, 0.15) is 41.4 Å². The number of hydrogen-bond acceptors (Lipinski definition) is 3. The van der Waals surface area contributed by atoms with Gasteiger partial charge in [0.2, 0.25) is 5.91 Å². The van der Waals surface area contributed by atoms with E-state index in [0.717, 1.165) is 10.2 Å². The zero-order chi connectivity index (χ0) is 20.9. The number of carboxylic acid groups (broad SMARTS) is 1. The second-order valence-electron chi connectivity index (χ2n) is 6.56. The third-order valence-corrected chi connectivity index (χ3v) is 4.38. The van der Waals surface area contributed by atoms with Gasteiger partial charge in [0, 0.05) is 17.7 Å². The van der Waals surface area contributed by atoms with Crippen LogP contribution in [0.15, 0.2) is 30.3 Å². The van der Waals surface area contributed by atoms with E-state index in [4.69, 9.17) is 5.11 Å². The molecule has 0 aliphatic carbocycles. The van der Waals surface area contributed by atoms with Crippen molar-refractivity contribution in [2.45, 2.75) is 51.9 Å². The fourth-order valence-corrected chi connectivity index (χ4v) is 2.99. The van der Waals surface area contributed by atoms with E-state index >= 15 is 0 Å². The van der Waals surface area contributed by atoms with Gasteiger partial charge in [-0.2, -0.15) is 18.3 Å². The van der Waals surface area contributed by atoms with Crippen molar-refractivity contribution in [2.24, 2.45) is 0 Å². The maximum absolute atomic E-state index is 12.6. The number of rotatable bonds is 8. The van der Waals surface area contributed by atoms with E-state index in [9.17, 15) is 22.8 Å². The predicted molar refractivity (Wildman–Crippen MR) is 95.7 cm³/mol. The Balaban J connectivity index is 2.13. The highest BCUT2D eigenvalue weighted by Crippen LogP contribution is 2.22. The molecule has 1 heterocycles. The van der Waals surface area contributed by atoms with Gasteiger partial charge >= 0.3 is 12.1 Å². The van der Waals surface area contributed by atoms with E-state index in [2.05, 4.69) is 10.4 Å². The third kappa shape index (κ3) is 6.11. The highest BCUT2D eigenvalue weighted by atomic mass is 19.4. The van der Waals surface area contributed by atoms with Crippen molar-refractivity contribution < 1.29 is 27.9 Å². The van der Waals surface area contributed by atoms with Gasteiger partial charge in [-0.25, -0.2) is 0 Å². The van der Waals surface area contributed by atoms with E-state index in [-0.39, 0.29) is 25.0 Å². The molecule has 9 heteroatoms. The Hall–Kier alpha value is -2.84. The number of amides is 1. The number of carbonyl (C=O) groups is 2. The third-order valence-electron chi connectivity index (χ3n) is 4.38. The van der Waals surface area contributed by atoms with Crippen molar-refractivity contribution in [3.8, 4) is 0 Å². The smallest absolute Gasteiger partial charge is 0.408 e. The number of hydrogen-bond donors (Lipinski definition) is 2. The first-order valence-electron chi connectivity index (χ1n) is 8.72. The van der Waals surface area contributed by atoms with E-state index in [1.54, 1.807) is 37.3 Å². The quantitative estimate of drug-likeness (QED) is 0.716. The summed E-state index contributed by atoms with van der Waals surface area (Å²) in [5, 5.41) is 15.6. The predicted octanol–water partition coefficient (Wildman–Crippen LogP) is 3.33. The standard InChI is InChI=1S/C19H22F3N3O3/c1-12-15(13(2)25(24-12)11-19(20,21)22)10-17(26)23-16(8-9-18(27)28)14-6-4-3-5-7-14/h3-7,16H,8-11H2,1-2H3,(H,23,26)(H,27,28). The molecular weight excluding hydrogens is 375 g/mol. The molecule has 1 aromatic heterocycles. The lowest BCUT2D eigenvalue weighted by Gasteiger charge is -2.19. The number of halogens is 3. The first-order chi connectivity index (χ1) is 13.1. The molecule has 1 atom stereocenters. The fraction of sp³-hybridized carbons (Fsp3) is 0.421. The van der Waals surface area contributed by atoms with Gasteiger partial charge in [0.1, 0.15) is 6.54 Å². The number of aliphatic carboxylic acids is 1. The summed E-state index contributed by atoms with van der Waals surface area (Å²) in [4.78, 5) is 23.4. The molecule has 2 N–H and O–H groups in total. The van der Waals surface area contributed by atoms with Gasteiger partial charge in [-0.3, -0.25) is 14.3 Å². The monoisotopic (exact) mass is 397 g/mol. The second kappa shape index (κ2) is 8.90. The van der Waals surface area contributed by atoms with Gasteiger partial charge in [-0.15, -0.1) is 0 Å². The summed E-state index contributed by atoms with van der Waals surface area (Å²) < 4.78 is 38.8. The fourth-order valence-electron chi connectivity index (χ4n) is 2.99. The molecule has 1 aromatic carbocycles. The number of aromatic nitrogens is 2. The summed E-state index contributed by atoms with van der Waals surface area (Å²) in [5.41, 5.74) is 1.84. The molecule has 2 aromatic rings. The second-order valence-corrected chi connectivity index (χ2v) is 6.56. The van der Waals surface area contributed by atoms with Crippen LogP contribution in [0.5, 0.6) is 0 Å². The average Bonchev–Trinajstić information content (AvgIpc) is 2.85. The normalized spacial score (nSPS) is 12.6. The summed E-state index contributed by atoms with van der Waals surface area (Å²) >= 11 is 0. The summed E-state index contributed by atoms with van der Waals surface area (Å²) in [6.07, 6.45) is -4.46. The van der Waals surface area contributed by atoms with Crippen molar-refractivity contribution >= 4 is 11.9 Å². The number of alkyl halides is 3. The lowest BCUT2D eigenvalue weighted by atomic mass is 10.0. The summed E-state index contributed by atoms with van der Waals surface area (Å²) in [6.45, 7) is 1.83. The van der Waals surface area contributed by atoms with E-state index in [1.165, 1.54) is 6.92 Å². The highest BCUT2D eigenvalue weighted by Gasteiger charge is 2.30. The minimum atomic E-state index is -4.40. The van der Waals surface area contributed by atoms with Crippen LogP contribution in [0.3, 0.4) is 0 Å². The van der Waals surface area contributed by atoms with Crippen LogP contribution < -0.4 is 5.32 Å². The van der Waals surface area contributed by atoms with Crippen LogP contribution in [0, 0.1) is 13.8 Å². The Morgan fingerprint density at radius 3 is 2.43 bits per heavy atom. The number of nitrogens with zero attached hydrogens (tertiary/aromatic N) is 2. The molecule has 1 unspecified atom stereocenters. The minimum absolute atomic E-state index is 0.124. The molecule has 0 bridgehead atoms. The zero-order valence-electron chi connectivity index (χ0n) is 15.6. The lowest BCUT2D eigenvalue weighted by molar-refractivity contribution is -0.143. The molecule has 152 valence electrons. The van der Waals surface area contributed by atoms with Crippen LogP contribution in [0.25, 0.3) is 0 Å². The Kier molecular flexibility index (Phi) is 6.82. The summed E-state index contributed by atoms with van der Waals surface area (Å²) in [7, 11) is 0. The van der Waals surface area contributed by atoms with Crippen molar-refractivity contribution in [1.29, 1.82) is 0 Å². The molecule has 0 radical (unpaired) electrons. The van der Waals surface area contributed by atoms with Crippen molar-refractivity contribution in [1.82, 2.24) is 15.1 Å². The molecule has 28 heavy (non-hydrogen) atoms. The molecule has 6 nitrogen and oxygen atoms in total. The zero-order valence-corrected chi connectivity index (χ0v) is 15.6. The SMILES string of the molecule is Cc1nn(CC(F)(F)F)c(C)c1CC(=O)NC(CCC(=O)O)c1ccccc1. The molecule has 0 fully saturated rings.